The highest BCUT2D eigenvalue weighted by molar-refractivity contribution is 7.89. The fourth-order valence-corrected chi connectivity index (χ4v) is 5.89. The van der Waals surface area contributed by atoms with Gasteiger partial charge in [0.25, 0.3) is 11.8 Å². The molecule has 1 aromatic heterocycles. The summed E-state index contributed by atoms with van der Waals surface area (Å²) in [5, 5.41) is 0. The molecule has 1 aliphatic heterocycles. The minimum Gasteiger partial charge on any atom is -0.296 e. The van der Waals surface area contributed by atoms with Gasteiger partial charge < -0.3 is 0 Å². The molecule has 0 radical (unpaired) electrons. The number of piperazine rings is 1. The van der Waals surface area contributed by atoms with Crippen LogP contribution in [0, 0.1) is 6.92 Å². The Balaban J connectivity index is 1.31. The Morgan fingerprint density at radius 1 is 0.853 bits per heavy atom. The van der Waals surface area contributed by atoms with Gasteiger partial charge in [-0.1, -0.05) is 30.3 Å². The molecule has 0 bridgehead atoms. The molecule has 8 nitrogen and oxygen atoms in total. The van der Waals surface area contributed by atoms with Crippen LogP contribution in [0.1, 0.15) is 30.5 Å². The van der Waals surface area contributed by atoms with Crippen molar-refractivity contribution in [3.05, 3.63) is 87.6 Å². The number of carbonyl (C=O) groups is 2. The molecule has 0 aliphatic carbocycles. The van der Waals surface area contributed by atoms with Crippen LogP contribution in [-0.4, -0.2) is 55.6 Å². The van der Waals surface area contributed by atoms with Gasteiger partial charge in [0.15, 0.2) is 0 Å². The monoisotopic (exact) mass is 498 g/mol. The van der Waals surface area contributed by atoms with Gasteiger partial charge >= 0.3 is 0 Å². The molecule has 3 aromatic rings. The summed E-state index contributed by atoms with van der Waals surface area (Å²) in [5.41, 5.74) is 6.17. The molecule has 0 saturated carbocycles. The van der Waals surface area contributed by atoms with Gasteiger partial charge in [-0.05, 0) is 48.9 Å². The standard InChI is InChI=1S/C24H26N4O4S2/c1-18-7-12-22(33-18)24(30)26-25-23(29)20-8-10-21(11-9-20)34(31,32)28-15-13-27(14-16-28)17-19-5-3-2-4-6-19/h2-12H,13-17H2,1H3,(H,25,29)(H,26,30). The first-order valence-electron chi connectivity index (χ1n) is 10.9. The van der Waals surface area contributed by atoms with Crippen LogP contribution in [0.3, 0.4) is 0 Å². The van der Waals surface area contributed by atoms with E-state index >= 15 is 0 Å². The van der Waals surface area contributed by atoms with E-state index in [1.807, 2.05) is 31.2 Å². The fourth-order valence-electron chi connectivity index (χ4n) is 3.70. The molecular formula is C24H26N4O4S2. The number of hydrogen-bond donors (Lipinski definition) is 2. The van der Waals surface area contributed by atoms with Gasteiger partial charge in [0.05, 0.1) is 9.77 Å². The van der Waals surface area contributed by atoms with Crippen molar-refractivity contribution < 1.29 is 18.0 Å². The van der Waals surface area contributed by atoms with Crippen molar-refractivity contribution in [2.24, 2.45) is 0 Å². The smallest absolute Gasteiger partial charge is 0.279 e. The lowest BCUT2D eigenvalue weighted by atomic mass is 10.2. The lowest BCUT2D eigenvalue weighted by molar-refractivity contribution is 0.0849. The predicted octanol–water partition coefficient (Wildman–Crippen LogP) is 2.64. The number of hydrazine groups is 1. The number of sulfonamides is 1. The number of aryl methyl sites for hydroxylation is 1. The molecule has 178 valence electrons. The number of benzene rings is 2. The summed E-state index contributed by atoms with van der Waals surface area (Å²) in [6, 6.07) is 19.3. The second kappa shape index (κ2) is 10.5. The molecule has 1 saturated heterocycles. The number of hydrogen-bond acceptors (Lipinski definition) is 6. The Morgan fingerprint density at radius 3 is 2.12 bits per heavy atom. The van der Waals surface area contributed by atoms with Crippen molar-refractivity contribution in [1.29, 1.82) is 0 Å². The molecule has 2 aromatic carbocycles. The van der Waals surface area contributed by atoms with Crippen molar-refractivity contribution in [1.82, 2.24) is 20.1 Å². The second-order valence-corrected chi connectivity index (χ2v) is 11.2. The van der Waals surface area contributed by atoms with Gasteiger partial charge in [-0.2, -0.15) is 4.31 Å². The predicted molar refractivity (Wildman–Crippen MR) is 131 cm³/mol. The number of rotatable bonds is 6. The summed E-state index contributed by atoms with van der Waals surface area (Å²) < 4.78 is 27.6. The highest BCUT2D eigenvalue weighted by atomic mass is 32.2. The summed E-state index contributed by atoms with van der Waals surface area (Å²) in [6.07, 6.45) is 0. The van der Waals surface area contributed by atoms with Crippen molar-refractivity contribution in [2.75, 3.05) is 26.2 Å². The van der Waals surface area contributed by atoms with Crippen molar-refractivity contribution in [3.63, 3.8) is 0 Å². The molecule has 10 heteroatoms. The van der Waals surface area contributed by atoms with E-state index in [2.05, 4.69) is 27.9 Å². The third-order valence-corrected chi connectivity index (χ3v) is 8.50. The van der Waals surface area contributed by atoms with Gasteiger partial charge in [-0.3, -0.25) is 25.3 Å². The van der Waals surface area contributed by atoms with Crippen molar-refractivity contribution >= 4 is 33.2 Å². The molecule has 4 rings (SSSR count). The van der Waals surface area contributed by atoms with Crippen molar-refractivity contribution in [3.8, 4) is 0 Å². The van der Waals surface area contributed by atoms with Crippen molar-refractivity contribution in [2.45, 2.75) is 18.4 Å². The number of nitrogens with one attached hydrogen (secondary N) is 2. The fraction of sp³-hybridized carbons (Fsp3) is 0.250. The summed E-state index contributed by atoms with van der Waals surface area (Å²) in [5.74, 6) is -0.933. The third kappa shape index (κ3) is 5.71. The number of thiophene rings is 1. The summed E-state index contributed by atoms with van der Waals surface area (Å²) >= 11 is 1.32. The molecule has 34 heavy (non-hydrogen) atoms. The summed E-state index contributed by atoms with van der Waals surface area (Å²) in [4.78, 5) is 28.3. The maximum absolute atomic E-state index is 13.1. The zero-order valence-corrected chi connectivity index (χ0v) is 20.4. The Hall–Kier alpha value is -3.05. The third-order valence-electron chi connectivity index (χ3n) is 5.59. The first-order chi connectivity index (χ1) is 16.3. The van der Waals surface area contributed by atoms with Gasteiger partial charge in [0.1, 0.15) is 0 Å². The molecule has 0 atom stereocenters. The van der Waals surface area contributed by atoms with E-state index < -0.39 is 21.8 Å². The van der Waals surface area contributed by atoms with E-state index in [0.29, 0.717) is 31.1 Å². The highest BCUT2D eigenvalue weighted by Gasteiger charge is 2.28. The molecular weight excluding hydrogens is 472 g/mol. The zero-order chi connectivity index (χ0) is 24.1. The van der Waals surface area contributed by atoms with E-state index in [4.69, 9.17) is 0 Å². The SMILES string of the molecule is Cc1ccc(C(=O)NNC(=O)c2ccc(S(=O)(=O)N3CCN(Cc4ccccc4)CC3)cc2)s1. The lowest BCUT2D eigenvalue weighted by Crippen LogP contribution is -2.48. The minimum atomic E-state index is -3.65. The average Bonchev–Trinajstić information content (AvgIpc) is 3.30. The van der Waals surface area contributed by atoms with Crippen LogP contribution in [0.2, 0.25) is 0 Å². The van der Waals surface area contributed by atoms with Gasteiger partial charge in [0.2, 0.25) is 10.0 Å². The molecule has 2 N–H and O–H groups in total. The number of carbonyl (C=O) groups excluding carboxylic acids is 2. The van der Waals surface area contributed by atoms with Crippen LogP contribution in [0.15, 0.2) is 71.6 Å². The van der Waals surface area contributed by atoms with E-state index in [1.165, 1.54) is 45.5 Å². The molecule has 1 aliphatic rings. The molecule has 0 spiro atoms. The topological polar surface area (TPSA) is 98.8 Å². The van der Waals surface area contributed by atoms with E-state index in [0.717, 1.165) is 11.4 Å². The first kappa shape index (κ1) is 24.1. The molecule has 2 amide bonds. The maximum atomic E-state index is 13.1. The molecule has 1 fully saturated rings. The Kier molecular flexibility index (Phi) is 7.42. The van der Waals surface area contributed by atoms with Crippen LogP contribution in [0.4, 0.5) is 0 Å². The Bertz CT molecular complexity index is 1250. The van der Waals surface area contributed by atoms with Crippen LogP contribution in [0.25, 0.3) is 0 Å². The van der Waals surface area contributed by atoms with Gasteiger partial charge in [-0.15, -0.1) is 11.3 Å². The lowest BCUT2D eigenvalue weighted by Gasteiger charge is -2.34. The first-order valence-corrected chi connectivity index (χ1v) is 13.1. The molecule has 0 unspecified atom stereocenters. The van der Waals surface area contributed by atoms with Gasteiger partial charge in [-0.25, -0.2) is 8.42 Å². The van der Waals surface area contributed by atoms with E-state index in [-0.39, 0.29) is 10.5 Å². The van der Waals surface area contributed by atoms with Crippen LogP contribution < -0.4 is 10.9 Å². The van der Waals surface area contributed by atoms with Crippen LogP contribution >= 0.6 is 11.3 Å². The van der Waals surface area contributed by atoms with Crippen LogP contribution in [-0.2, 0) is 16.6 Å². The number of amides is 2. The highest BCUT2D eigenvalue weighted by Crippen LogP contribution is 2.19. The number of nitrogens with zero attached hydrogens (tertiary/aromatic N) is 2. The second-order valence-electron chi connectivity index (χ2n) is 8.01. The Labute approximate surface area is 203 Å². The van der Waals surface area contributed by atoms with E-state index in [9.17, 15) is 18.0 Å². The largest absolute Gasteiger partial charge is 0.296 e. The summed E-state index contributed by atoms with van der Waals surface area (Å²) in [7, 11) is -3.65. The zero-order valence-electron chi connectivity index (χ0n) is 18.7. The minimum absolute atomic E-state index is 0.138. The quantitative estimate of drug-likeness (QED) is 0.509. The Morgan fingerprint density at radius 2 is 1.50 bits per heavy atom. The van der Waals surface area contributed by atoms with E-state index in [1.54, 1.807) is 6.07 Å². The van der Waals surface area contributed by atoms with Gasteiger partial charge in [0, 0.05) is 43.2 Å². The summed E-state index contributed by atoms with van der Waals surface area (Å²) in [6.45, 7) is 4.80. The average molecular weight is 499 g/mol. The molecule has 2 heterocycles. The normalized spacial score (nSPS) is 15.1. The maximum Gasteiger partial charge on any atom is 0.279 e. The van der Waals surface area contributed by atoms with Crippen LogP contribution in [0.5, 0.6) is 0 Å².